The molecule has 15 heteroatoms. The van der Waals surface area contributed by atoms with Gasteiger partial charge in [-0.15, -0.1) is 0 Å². The molecule has 0 fully saturated rings. The smallest absolute Gasteiger partial charge is 0.145 e. The quantitative estimate of drug-likeness (QED) is 0.0841. The van der Waals surface area contributed by atoms with Gasteiger partial charge in [-0.2, -0.15) is 0 Å². The fourth-order valence-corrected chi connectivity index (χ4v) is 17.0. The summed E-state index contributed by atoms with van der Waals surface area (Å²) in [5.74, 6) is 2.59. The third-order valence-corrected chi connectivity index (χ3v) is 23.3. The second-order valence-corrected chi connectivity index (χ2v) is 31.5. The van der Waals surface area contributed by atoms with Gasteiger partial charge in [0, 0.05) is 121 Å². The molecule has 24 rings (SSSR count). The van der Waals surface area contributed by atoms with Crippen LogP contribution in [-0.2, 0) is 0 Å². The Labute approximate surface area is 755 Å². The highest BCUT2D eigenvalue weighted by molar-refractivity contribution is 6.03. The van der Waals surface area contributed by atoms with E-state index in [1.165, 1.54) is 0 Å². The molecule has 0 aliphatic carbocycles. The van der Waals surface area contributed by atoms with Crippen molar-refractivity contribution in [1.82, 2.24) is 73.0 Å². The Morgan fingerprint density at radius 3 is 0.794 bits per heavy atom. The van der Waals surface area contributed by atoms with E-state index in [0.717, 1.165) is 219 Å². The Morgan fingerprint density at radius 1 is 0.145 bits per heavy atom. The van der Waals surface area contributed by atoms with Gasteiger partial charge in [-0.3, -0.25) is 33.1 Å². The van der Waals surface area contributed by atoms with Gasteiger partial charge in [-0.25, -0.2) is 39.9 Å². The number of rotatable bonds is 16. The van der Waals surface area contributed by atoms with Crippen molar-refractivity contribution in [3.8, 4) is 181 Å². The first-order valence-corrected chi connectivity index (χ1v) is 43.4. The van der Waals surface area contributed by atoms with Crippen LogP contribution >= 0.6 is 0 Å². The van der Waals surface area contributed by atoms with Crippen LogP contribution in [0.5, 0.6) is 0 Å². The molecule has 0 saturated carbocycles. The highest BCUT2D eigenvalue weighted by Crippen LogP contribution is 2.43. The van der Waals surface area contributed by atoms with Crippen molar-refractivity contribution in [3.63, 3.8) is 0 Å². The number of fused-ring (bicyclic) bond motifs is 6. The number of benzene rings is 11. The Kier molecular flexibility index (Phi) is 21.4. The Balaban J connectivity index is 0.000000117. The van der Waals surface area contributed by atoms with Gasteiger partial charge in [0.2, 0.25) is 0 Å². The largest absolute Gasteiger partial charge is 0.299 e. The molecular formula is C116H77N15. The lowest BCUT2D eigenvalue weighted by Crippen LogP contribution is -2.01. The molecule has 15 nitrogen and oxygen atoms in total. The van der Waals surface area contributed by atoms with Crippen LogP contribution in [0.3, 0.4) is 0 Å². The second kappa shape index (κ2) is 35.5. The maximum Gasteiger partial charge on any atom is 0.145 e. The first-order chi connectivity index (χ1) is 65.0. The first kappa shape index (κ1) is 78.9. The molecule has 0 radical (unpaired) electrons. The highest BCUT2D eigenvalue weighted by atomic mass is 15.1. The molecule has 0 atom stereocenters. The third kappa shape index (κ3) is 15.9. The van der Waals surface area contributed by atoms with Gasteiger partial charge in [0.05, 0.1) is 95.9 Å². The Bertz CT molecular complexity index is 8230. The summed E-state index contributed by atoms with van der Waals surface area (Å²) < 4.78 is 6.38. The molecule has 616 valence electrons. The van der Waals surface area contributed by atoms with Crippen molar-refractivity contribution in [2.24, 2.45) is 0 Å². The summed E-state index contributed by atoms with van der Waals surface area (Å²) >= 11 is 0. The zero-order valence-electron chi connectivity index (χ0n) is 70.7. The van der Waals surface area contributed by atoms with E-state index in [9.17, 15) is 0 Å². The maximum atomic E-state index is 5.45. The molecular weight excluding hydrogens is 1600 g/mol. The summed E-state index contributed by atoms with van der Waals surface area (Å²) in [7, 11) is 0. The second-order valence-electron chi connectivity index (χ2n) is 31.5. The fourth-order valence-electron chi connectivity index (χ4n) is 17.0. The van der Waals surface area contributed by atoms with Gasteiger partial charge in [0.1, 0.15) is 34.6 Å². The van der Waals surface area contributed by atoms with Gasteiger partial charge in [0.15, 0.2) is 0 Å². The number of nitrogens with zero attached hydrogens (tertiary/aromatic N) is 15. The van der Waals surface area contributed by atoms with Crippen molar-refractivity contribution in [2.45, 2.75) is 0 Å². The highest BCUT2D eigenvalue weighted by Gasteiger charge is 2.26. The van der Waals surface area contributed by atoms with Gasteiger partial charge in [-0.05, 0) is 114 Å². The van der Waals surface area contributed by atoms with Crippen molar-refractivity contribution >= 4 is 38.4 Å². The number of imidazole rings is 3. The molecule has 0 N–H and O–H groups in total. The predicted octanol–water partition coefficient (Wildman–Crippen LogP) is 27.5. The minimum atomic E-state index is 0.812. The van der Waals surface area contributed by atoms with Crippen molar-refractivity contribution < 1.29 is 0 Å². The van der Waals surface area contributed by atoms with Crippen LogP contribution in [0.2, 0.25) is 0 Å². The van der Waals surface area contributed by atoms with E-state index in [2.05, 4.69) is 270 Å². The zero-order valence-corrected chi connectivity index (χ0v) is 70.7. The molecule has 131 heavy (non-hydrogen) atoms. The molecule has 0 aliphatic rings. The summed E-state index contributed by atoms with van der Waals surface area (Å²) in [6.45, 7) is 0. The van der Waals surface area contributed by atoms with Crippen LogP contribution < -0.4 is 0 Å². The summed E-state index contributed by atoms with van der Waals surface area (Å²) in [4.78, 5) is 60.1. The van der Waals surface area contributed by atoms with Crippen LogP contribution in [0.4, 0.5) is 0 Å². The minimum Gasteiger partial charge on any atom is -0.299 e. The van der Waals surface area contributed by atoms with Crippen LogP contribution in [-0.4, -0.2) is 73.0 Å². The van der Waals surface area contributed by atoms with Gasteiger partial charge in [0.25, 0.3) is 0 Å². The lowest BCUT2D eigenvalue weighted by atomic mass is 9.96. The fraction of sp³-hybridized carbons (Fsp3) is 0. The summed E-state index contributed by atoms with van der Waals surface area (Å²) in [6, 6.07) is 144. The van der Waals surface area contributed by atoms with Crippen molar-refractivity contribution in [3.05, 3.63) is 468 Å². The van der Waals surface area contributed by atoms with Crippen LogP contribution in [0, 0.1) is 0 Å². The number of pyridine rings is 8. The van der Waals surface area contributed by atoms with E-state index >= 15 is 0 Å². The monoisotopic (exact) mass is 1680 g/mol. The Morgan fingerprint density at radius 2 is 0.427 bits per heavy atom. The summed E-state index contributed by atoms with van der Waals surface area (Å²) in [6.07, 6.45) is 13.4. The SMILES string of the molecule is c1ccc(-c2nc(-c3ccc(-c4ccc5ccc6cccnc6c5n4)cc3)n3ccccc23)nc1.c1ccc(-c2nc(-c3ccccc3)c(-c3cccc(-c4cccc(-c5nc(-c6ccccn6)c6ccccn56)c4)c3)nc2-c2ccccc2)cc1.c1ccc(-c2nc(-c3ccccc3)c(-c3cccc(-c4nc(-c5ccccn5)c5ccccn45)c3)nc2-c2ccccc2)cc1. The first-order valence-electron chi connectivity index (χ1n) is 43.4. The number of hydrogen-bond donors (Lipinski definition) is 0. The van der Waals surface area contributed by atoms with Crippen molar-refractivity contribution in [2.75, 3.05) is 0 Å². The minimum absolute atomic E-state index is 0.812. The van der Waals surface area contributed by atoms with E-state index in [1.807, 2.05) is 219 Å². The summed E-state index contributed by atoms with van der Waals surface area (Å²) in [5.41, 5.74) is 31.9. The van der Waals surface area contributed by atoms with E-state index in [-0.39, 0.29) is 0 Å². The van der Waals surface area contributed by atoms with Crippen LogP contribution in [0.15, 0.2) is 468 Å². The molecule has 0 unspecified atom stereocenters. The van der Waals surface area contributed by atoms with Crippen molar-refractivity contribution in [1.29, 1.82) is 0 Å². The Hall–Kier alpha value is -18.1. The predicted molar refractivity (Wildman–Crippen MR) is 528 cm³/mol. The molecule has 0 spiro atoms. The molecule has 11 aromatic carbocycles. The average Bonchev–Trinajstić information content (AvgIpc) is 1.75. The third-order valence-electron chi connectivity index (χ3n) is 23.3. The number of aromatic nitrogens is 15. The number of hydrogen-bond acceptors (Lipinski definition) is 12. The molecule has 13 aromatic heterocycles. The molecule has 13 heterocycles. The van der Waals surface area contributed by atoms with Gasteiger partial charge in [-0.1, -0.05) is 322 Å². The summed E-state index contributed by atoms with van der Waals surface area (Å²) in [5, 5.41) is 2.18. The molecule has 0 aliphatic heterocycles. The van der Waals surface area contributed by atoms with E-state index < -0.39 is 0 Å². The van der Waals surface area contributed by atoms with Gasteiger partial charge >= 0.3 is 0 Å². The molecule has 0 saturated heterocycles. The van der Waals surface area contributed by atoms with Crippen LogP contribution in [0.25, 0.3) is 219 Å². The van der Waals surface area contributed by atoms with E-state index in [1.54, 1.807) is 12.4 Å². The normalized spacial score (nSPS) is 11.2. The lowest BCUT2D eigenvalue weighted by molar-refractivity contribution is 1.16. The average molecular weight is 1680 g/mol. The lowest BCUT2D eigenvalue weighted by Gasteiger charge is -2.16. The molecule has 0 bridgehead atoms. The standard InChI is InChI=1S/C46H31N5.C40H27N5.C30H19N5/c1-4-16-32(17-5-1)41-42(33-18-6-2-7-19-33)49-44(43(48-41)34-20-8-3-9-21-34)37-24-14-22-35(30-37)36-23-15-25-38(31-36)46-50-45(39-26-10-12-28-47-39)40-27-11-13-29-51(40)46;1-4-15-28(16-5-1)35-36(29-17-6-2-7-18-29)43-38(37(42-35)30-19-8-3-9-20-30)31-21-14-22-32(27-31)40-44-39(33-23-10-12-25-41-33)34-24-11-13-26-45(34)40;1-3-17-31-25(7-1)29-26-8-2-4-19-35(26)30(34-29)23-13-9-20(10-14-23)24-16-15-22-12-11-21-6-5-18-32-27(21)28(22)33-24/h1-31H;1-27H;1-19H. The van der Waals surface area contributed by atoms with E-state index in [0.29, 0.717) is 0 Å². The zero-order chi connectivity index (χ0) is 87.2. The van der Waals surface area contributed by atoms with Crippen LogP contribution in [0.1, 0.15) is 0 Å². The maximum absolute atomic E-state index is 5.45. The molecule has 24 aromatic rings. The van der Waals surface area contributed by atoms with Gasteiger partial charge < -0.3 is 0 Å². The molecule has 0 amide bonds. The van der Waals surface area contributed by atoms with E-state index in [4.69, 9.17) is 39.9 Å². The topological polar surface area (TPSA) is 168 Å².